The molecule has 0 unspecified atom stereocenters. The molecule has 1 N–H and O–H groups in total. The maximum Gasteiger partial charge on any atom is 0.305 e. The minimum atomic E-state index is -0.234. The molecule has 0 amide bonds. The van der Waals surface area contributed by atoms with Crippen molar-refractivity contribution in [1.29, 1.82) is 0 Å². The van der Waals surface area contributed by atoms with Crippen LogP contribution in [-0.2, 0) is 16.1 Å². The van der Waals surface area contributed by atoms with Crippen LogP contribution in [0.2, 0.25) is 0 Å². The van der Waals surface area contributed by atoms with Crippen LogP contribution in [0.15, 0.2) is 24.3 Å². The van der Waals surface area contributed by atoms with Crippen molar-refractivity contribution in [3.05, 3.63) is 35.6 Å². The summed E-state index contributed by atoms with van der Waals surface area (Å²) in [5.41, 5.74) is 1.01. The van der Waals surface area contributed by atoms with Crippen LogP contribution in [0.5, 0.6) is 0 Å². The van der Waals surface area contributed by atoms with Gasteiger partial charge in [0.25, 0.3) is 0 Å². The molecular weight excluding hydrogens is 221 g/mol. The Kier molecular flexibility index (Phi) is 6.25. The Morgan fingerprint density at radius 1 is 1.35 bits per heavy atom. The normalized spacial score (nSPS) is 10.2. The summed E-state index contributed by atoms with van der Waals surface area (Å²) in [4.78, 5) is 11.0. The molecule has 0 bridgehead atoms. The molecule has 0 fully saturated rings. The highest BCUT2D eigenvalue weighted by Crippen LogP contribution is 2.01. The van der Waals surface area contributed by atoms with E-state index in [1.54, 1.807) is 12.1 Å². The van der Waals surface area contributed by atoms with E-state index < -0.39 is 0 Å². The van der Waals surface area contributed by atoms with Crippen LogP contribution in [0.3, 0.4) is 0 Å². The Morgan fingerprint density at radius 2 is 2.06 bits per heavy atom. The number of ether oxygens (including phenoxy) is 1. The van der Waals surface area contributed by atoms with Gasteiger partial charge in [-0.05, 0) is 24.1 Å². The van der Waals surface area contributed by atoms with Gasteiger partial charge in [-0.15, -0.1) is 0 Å². The average molecular weight is 239 g/mol. The fraction of sp³-hybridized carbons (Fsp3) is 0.462. The lowest BCUT2D eigenvalue weighted by molar-refractivity contribution is -0.143. The van der Waals surface area contributed by atoms with E-state index in [-0.39, 0.29) is 11.8 Å². The lowest BCUT2D eigenvalue weighted by Gasteiger charge is -2.06. The van der Waals surface area contributed by atoms with Gasteiger partial charge in [-0.2, -0.15) is 0 Å². The summed E-state index contributed by atoms with van der Waals surface area (Å²) in [5.74, 6) is -0.390. The fourth-order valence-corrected chi connectivity index (χ4v) is 1.35. The molecule has 1 rings (SSSR count). The molecule has 4 heteroatoms. The SMILES string of the molecule is CCCC(=O)OCCNCc1ccc(F)cc1. The highest BCUT2D eigenvalue weighted by Gasteiger charge is 1.99. The van der Waals surface area contributed by atoms with Gasteiger partial charge in [0.15, 0.2) is 0 Å². The van der Waals surface area contributed by atoms with Gasteiger partial charge in [0.1, 0.15) is 12.4 Å². The number of carbonyl (C=O) groups is 1. The smallest absolute Gasteiger partial charge is 0.305 e. The summed E-state index contributed by atoms with van der Waals surface area (Å²) in [5, 5.41) is 3.12. The zero-order valence-electron chi connectivity index (χ0n) is 10.0. The van der Waals surface area contributed by atoms with Crippen LogP contribution in [0.4, 0.5) is 4.39 Å². The van der Waals surface area contributed by atoms with Crippen molar-refractivity contribution in [3.8, 4) is 0 Å². The molecule has 0 aliphatic heterocycles. The van der Waals surface area contributed by atoms with E-state index in [0.717, 1.165) is 12.0 Å². The van der Waals surface area contributed by atoms with Crippen molar-refractivity contribution >= 4 is 5.97 Å². The molecule has 3 nitrogen and oxygen atoms in total. The molecule has 0 aliphatic rings. The van der Waals surface area contributed by atoms with Crippen molar-refractivity contribution in [2.24, 2.45) is 0 Å². The highest BCUT2D eigenvalue weighted by molar-refractivity contribution is 5.69. The zero-order valence-corrected chi connectivity index (χ0v) is 10.0. The summed E-state index contributed by atoms with van der Waals surface area (Å²) < 4.78 is 17.6. The summed E-state index contributed by atoms with van der Waals surface area (Å²) in [7, 11) is 0. The minimum absolute atomic E-state index is 0.156. The predicted octanol–water partition coefficient (Wildman–Crippen LogP) is 2.26. The van der Waals surface area contributed by atoms with Gasteiger partial charge in [0.05, 0.1) is 0 Å². The van der Waals surface area contributed by atoms with Crippen LogP contribution in [0.1, 0.15) is 25.3 Å². The van der Waals surface area contributed by atoms with Crippen LogP contribution in [0, 0.1) is 5.82 Å². The van der Waals surface area contributed by atoms with Gasteiger partial charge in [0, 0.05) is 19.5 Å². The summed E-state index contributed by atoms with van der Waals surface area (Å²) in [6.45, 7) is 3.56. The van der Waals surface area contributed by atoms with E-state index in [1.807, 2.05) is 6.92 Å². The summed E-state index contributed by atoms with van der Waals surface area (Å²) in [6, 6.07) is 6.31. The van der Waals surface area contributed by atoms with Gasteiger partial charge in [-0.3, -0.25) is 4.79 Å². The van der Waals surface area contributed by atoms with Crippen LogP contribution >= 0.6 is 0 Å². The Bertz CT molecular complexity index is 338. The van der Waals surface area contributed by atoms with Gasteiger partial charge >= 0.3 is 5.97 Å². The molecule has 1 aromatic rings. The maximum absolute atomic E-state index is 12.6. The first-order valence-corrected chi connectivity index (χ1v) is 5.83. The van der Waals surface area contributed by atoms with Crippen molar-refractivity contribution in [3.63, 3.8) is 0 Å². The number of benzene rings is 1. The summed E-state index contributed by atoms with van der Waals surface area (Å²) >= 11 is 0. The van der Waals surface area contributed by atoms with E-state index in [9.17, 15) is 9.18 Å². The molecule has 17 heavy (non-hydrogen) atoms. The quantitative estimate of drug-likeness (QED) is 0.586. The number of halogens is 1. The first-order valence-electron chi connectivity index (χ1n) is 5.83. The van der Waals surface area contributed by atoms with Crippen LogP contribution in [0.25, 0.3) is 0 Å². The number of carbonyl (C=O) groups excluding carboxylic acids is 1. The summed E-state index contributed by atoms with van der Waals surface area (Å²) in [6.07, 6.45) is 1.28. The number of rotatable bonds is 7. The number of nitrogens with one attached hydrogen (secondary N) is 1. The number of esters is 1. The second-order valence-corrected chi connectivity index (χ2v) is 3.77. The maximum atomic E-state index is 12.6. The molecule has 0 saturated heterocycles. The predicted molar refractivity (Wildman–Crippen MR) is 64.0 cm³/mol. The Morgan fingerprint density at radius 3 is 2.71 bits per heavy atom. The lowest BCUT2D eigenvalue weighted by Crippen LogP contribution is -2.20. The standard InChI is InChI=1S/C13H18FNO2/c1-2-3-13(16)17-9-8-15-10-11-4-6-12(14)7-5-11/h4-7,15H,2-3,8-10H2,1H3. The van der Waals surface area contributed by atoms with Crippen molar-refractivity contribution in [2.45, 2.75) is 26.3 Å². The molecule has 0 aliphatic carbocycles. The van der Waals surface area contributed by atoms with Crippen LogP contribution in [-0.4, -0.2) is 19.1 Å². The van der Waals surface area contributed by atoms with Crippen LogP contribution < -0.4 is 5.32 Å². The van der Waals surface area contributed by atoms with Crippen molar-refractivity contribution in [2.75, 3.05) is 13.2 Å². The number of hydrogen-bond donors (Lipinski definition) is 1. The molecular formula is C13H18FNO2. The molecule has 0 atom stereocenters. The van der Waals surface area contributed by atoms with E-state index >= 15 is 0 Å². The van der Waals surface area contributed by atoms with Gasteiger partial charge in [0.2, 0.25) is 0 Å². The molecule has 0 saturated carbocycles. The largest absolute Gasteiger partial charge is 0.464 e. The molecule has 0 radical (unpaired) electrons. The Hall–Kier alpha value is -1.42. The van der Waals surface area contributed by atoms with Gasteiger partial charge in [-0.25, -0.2) is 4.39 Å². The van der Waals surface area contributed by atoms with E-state index in [4.69, 9.17) is 4.74 Å². The molecule has 0 aromatic heterocycles. The second-order valence-electron chi connectivity index (χ2n) is 3.77. The fourth-order valence-electron chi connectivity index (χ4n) is 1.35. The van der Waals surface area contributed by atoms with E-state index in [2.05, 4.69) is 5.32 Å². The molecule has 94 valence electrons. The first-order chi connectivity index (χ1) is 8.22. The first kappa shape index (κ1) is 13.6. The van der Waals surface area contributed by atoms with Crippen molar-refractivity contribution < 1.29 is 13.9 Å². The zero-order chi connectivity index (χ0) is 12.5. The monoisotopic (exact) mass is 239 g/mol. The van der Waals surface area contributed by atoms with E-state index in [0.29, 0.717) is 26.1 Å². The highest BCUT2D eigenvalue weighted by atomic mass is 19.1. The molecule has 0 heterocycles. The second kappa shape index (κ2) is 7.79. The number of hydrogen-bond acceptors (Lipinski definition) is 3. The lowest BCUT2D eigenvalue weighted by atomic mass is 10.2. The van der Waals surface area contributed by atoms with Gasteiger partial charge in [-0.1, -0.05) is 19.1 Å². The third-order valence-corrected chi connectivity index (χ3v) is 2.24. The molecule has 1 aromatic carbocycles. The Balaban J connectivity index is 2.08. The third-order valence-electron chi connectivity index (χ3n) is 2.24. The van der Waals surface area contributed by atoms with E-state index in [1.165, 1.54) is 12.1 Å². The topological polar surface area (TPSA) is 38.3 Å². The average Bonchev–Trinajstić information content (AvgIpc) is 2.31. The van der Waals surface area contributed by atoms with Gasteiger partial charge < -0.3 is 10.1 Å². The Labute approximate surface area is 101 Å². The minimum Gasteiger partial charge on any atom is -0.464 e. The third kappa shape index (κ3) is 6.02. The van der Waals surface area contributed by atoms with Crippen molar-refractivity contribution in [1.82, 2.24) is 5.32 Å². The molecule has 0 spiro atoms.